The van der Waals surface area contributed by atoms with Gasteiger partial charge in [-0.1, -0.05) is 6.07 Å². The fourth-order valence-electron chi connectivity index (χ4n) is 2.43. The van der Waals surface area contributed by atoms with Crippen molar-refractivity contribution in [3.8, 4) is 0 Å². The number of nitrogens with zero attached hydrogens (tertiary/aromatic N) is 1. The van der Waals surface area contributed by atoms with E-state index in [4.69, 9.17) is 0 Å². The predicted molar refractivity (Wildman–Crippen MR) is 57.1 cm³/mol. The monoisotopic (exact) mass is 188 g/mol. The van der Waals surface area contributed by atoms with Gasteiger partial charge in [-0.25, -0.2) is 4.98 Å². The number of hydrogen-bond donors (Lipinski definition) is 1. The van der Waals surface area contributed by atoms with Crippen molar-refractivity contribution < 1.29 is 0 Å². The van der Waals surface area contributed by atoms with Gasteiger partial charge >= 0.3 is 0 Å². The molecule has 2 aliphatic rings. The standard InChI is InChI=1S/C12H16N2/c1-2-8-13-12(3-1)14-11-7-6-10(11)9-4-5-9/h1-3,8-11H,4-7H2,(H,13,14). The molecule has 0 aliphatic heterocycles. The molecule has 0 amide bonds. The van der Waals surface area contributed by atoms with E-state index in [9.17, 15) is 0 Å². The van der Waals surface area contributed by atoms with Crippen LogP contribution in [0.2, 0.25) is 0 Å². The summed E-state index contributed by atoms with van der Waals surface area (Å²) in [5.41, 5.74) is 0. The molecule has 0 saturated heterocycles. The summed E-state index contributed by atoms with van der Waals surface area (Å²) >= 11 is 0. The Bertz CT molecular complexity index is 305. The zero-order valence-electron chi connectivity index (χ0n) is 8.32. The smallest absolute Gasteiger partial charge is 0.126 e. The minimum atomic E-state index is 0.706. The SMILES string of the molecule is c1ccc(NC2CCC2C2CC2)nc1. The third-order valence-corrected chi connectivity index (χ3v) is 3.55. The molecule has 2 unspecified atom stereocenters. The Kier molecular flexibility index (Phi) is 1.93. The van der Waals surface area contributed by atoms with Crippen LogP contribution in [-0.2, 0) is 0 Å². The number of pyridine rings is 1. The first-order chi connectivity index (χ1) is 6.93. The van der Waals surface area contributed by atoms with E-state index in [-0.39, 0.29) is 0 Å². The van der Waals surface area contributed by atoms with E-state index in [1.54, 1.807) is 0 Å². The second-order valence-electron chi connectivity index (χ2n) is 4.54. The molecule has 2 atom stereocenters. The number of nitrogens with one attached hydrogen (secondary N) is 1. The van der Waals surface area contributed by atoms with E-state index in [1.165, 1.54) is 25.7 Å². The normalized spacial score (nSPS) is 30.9. The van der Waals surface area contributed by atoms with Crippen LogP contribution in [0.15, 0.2) is 24.4 Å². The Morgan fingerprint density at radius 3 is 2.64 bits per heavy atom. The summed E-state index contributed by atoms with van der Waals surface area (Å²) in [4.78, 5) is 4.30. The quantitative estimate of drug-likeness (QED) is 0.788. The Hall–Kier alpha value is -1.05. The van der Waals surface area contributed by atoms with Crippen LogP contribution in [0.4, 0.5) is 5.82 Å². The molecular weight excluding hydrogens is 172 g/mol. The highest BCUT2D eigenvalue weighted by atomic mass is 15.0. The maximum Gasteiger partial charge on any atom is 0.126 e. The van der Waals surface area contributed by atoms with Gasteiger partial charge in [0.05, 0.1) is 0 Å². The minimum absolute atomic E-state index is 0.706. The summed E-state index contributed by atoms with van der Waals surface area (Å²) in [5.74, 6) is 3.02. The second kappa shape index (κ2) is 3.26. The van der Waals surface area contributed by atoms with E-state index in [1.807, 2.05) is 18.3 Å². The van der Waals surface area contributed by atoms with Gasteiger partial charge in [0.25, 0.3) is 0 Å². The van der Waals surface area contributed by atoms with Gasteiger partial charge in [-0.3, -0.25) is 0 Å². The van der Waals surface area contributed by atoms with Gasteiger partial charge in [0.15, 0.2) is 0 Å². The first-order valence-electron chi connectivity index (χ1n) is 5.61. The third kappa shape index (κ3) is 1.49. The molecule has 2 nitrogen and oxygen atoms in total. The van der Waals surface area contributed by atoms with Crippen LogP contribution in [0.1, 0.15) is 25.7 Å². The van der Waals surface area contributed by atoms with Crippen molar-refractivity contribution in [1.29, 1.82) is 0 Å². The van der Waals surface area contributed by atoms with Gasteiger partial charge in [0, 0.05) is 12.2 Å². The molecule has 1 aromatic heterocycles. The average molecular weight is 188 g/mol. The van der Waals surface area contributed by atoms with Crippen molar-refractivity contribution in [3.05, 3.63) is 24.4 Å². The van der Waals surface area contributed by atoms with Crippen molar-refractivity contribution >= 4 is 5.82 Å². The number of rotatable bonds is 3. The second-order valence-corrected chi connectivity index (χ2v) is 4.54. The fraction of sp³-hybridized carbons (Fsp3) is 0.583. The van der Waals surface area contributed by atoms with E-state index >= 15 is 0 Å². The zero-order chi connectivity index (χ0) is 9.38. The molecule has 2 aliphatic carbocycles. The molecule has 1 N–H and O–H groups in total. The van der Waals surface area contributed by atoms with Gasteiger partial charge in [-0.05, 0) is 49.7 Å². The predicted octanol–water partition coefficient (Wildman–Crippen LogP) is 2.68. The van der Waals surface area contributed by atoms with Crippen LogP contribution < -0.4 is 5.32 Å². The topological polar surface area (TPSA) is 24.9 Å². The molecule has 0 spiro atoms. The van der Waals surface area contributed by atoms with E-state index in [2.05, 4.69) is 16.4 Å². The molecule has 1 aromatic rings. The summed E-state index contributed by atoms with van der Waals surface area (Å²) in [6.07, 6.45) is 7.54. The van der Waals surface area contributed by atoms with Crippen molar-refractivity contribution in [3.63, 3.8) is 0 Å². The number of hydrogen-bond acceptors (Lipinski definition) is 2. The van der Waals surface area contributed by atoms with Gasteiger partial charge in [0.1, 0.15) is 5.82 Å². The Labute approximate surface area is 84.7 Å². The molecule has 0 aromatic carbocycles. The van der Waals surface area contributed by atoms with Crippen LogP contribution in [-0.4, -0.2) is 11.0 Å². The lowest BCUT2D eigenvalue weighted by Crippen LogP contribution is -2.39. The van der Waals surface area contributed by atoms with Crippen LogP contribution in [0.3, 0.4) is 0 Å². The highest BCUT2D eigenvalue weighted by Crippen LogP contribution is 2.47. The van der Waals surface area contributed by atoms with Gasteiger partial charge in [-0.2, -0.15) is 0 Å². The molecule has 1 heterocycles. The van der Waals surface area contributed by atoms with Crippen LogP contribution in [0.25, 0.3) is 0 Å². The third-order valence-electron chi connectivity index (χ3n) is 3.55. The summed E-state index contributed by atoms with van der Waals surface area (Å²) in [5, 5.41) is 3.54. The largest absolute Gasteiger partial charge is 0.367 e. The van der Waals surface area contributed by atoms with E-state index in [0.717, 1.165) is 17.7 Å². The molecule has 3 rings (SSSR count). The lowest BCUT2D eigenvalue weighted by molar-refractivity contribution is 0.243. The first kappa shape index (κ1) is 8.27. The molecule has 74 valence electrons. The van der Waals surface area contributed by atoms with Crippen LogP contribution >= 0.6 is 0 Å². The van der Waals surface area contributed by atoms with Gasteiger partial charge < -0.3 is 5.32 Å². The fourth-order valence-corrected chi connectivity index (χ4v) is 2.43. The molecule has 0 radical (unpaired) electrons. The average Bonchev–Trinajstić information content (AvgIpc) is 2.99. The highest BCUT2D eigenvalue weighted by molar-refractivity contribution is 5.35. The maximum atomic E-state index is 4.30. The molecule has 2 heteroatoms. The summed E-state index contributed by atoms with van der Waals surface area (Å²) in [6, 6.07) is 6.77. The van der Waals surface area contributed by atoms with Crippen molar-refractivity contribution in [2.75, 3.05) is 5.32 Å². The maximum absolute atomic E-state index is 4.30. The van der Waals surface area contributed by atoms with Crippen LogP contribution in [0.5, 0.6) is 0 Å². The summed E-state index contributed by atoms with van der Waals surface area (Å²) in [6.45, 7) is 0. The van der Waals surface area contributed by atoms with E-state index < -0.39 is 0 Å². The van der Waals surface area contributed by atoms with Gasteiger partial charge in [-0.15, -0.1) is 0 Å². The van der Waals surface area contributed by atoms with Crippen LogP contribution in [0, 0.1) is 11.8 Å². The summed E-state index contributed by atoms with van der Waals surface area (Å²) in [7, 11) is 0. The van der Waals surface area contributed by atoms with Crippen molar-refractivity contribution in [2.45, 2.75) is 31.7 Å². The minimum Gasteiger partial charge on any atom is -0.367 e. The molecule has 2 saturated carbocycles. The molecule has 14 heavy (non-hydrogen) atoms. The molecule has 0 bridgehead atoms. The van der Waals surface area contributed by atoms with Crippen molar-refractivity contribution in [1.82, 2.24) is 4.98 Å². The Morgan fingerprint density at radius 2 is 2.07 bits per heavy atom. The molecule has 2 fully saturated rings. The Morgan fingerprint density at radius 1 is 1.14 bits per heavy atom. The van der Waals surface area contributed by atoms with E-state index in [0.29, 0.717) is 6.04 Å². The summed E-state index contributed by atoms with van der Waals surface area (Å²) < 4.78 is 0. The van der Waals surface area contributed by atoms with Gasteiger partial charge in [0.2, 0.25) is 0 Å². The highest BCUT2D eigenvalue weighted by Gasteiger charge is 2.41. The first-order valence-corrected chi connectivity index (χ1v) is 5.61. The lowest BCUT2D eigenvalue weighted by atomic mass is 9.76. The molecular formula is C12H16N2. The number of aromatic nitrogens is 1. The van der Waals surface area contributed by atoms with Crippen molar-refractivity contribution in [2.24, 2.45) is 11.8 Å². The number of anilines is 1. The lowest BCUT2D eigenvalue weighted by Gasteiger charge is -2.37. The Balaban J connectivity index is 1.62. The zero-order valence-corrected chi connectivity index (χ0v) is 8.32.